The Kier molecular flexibility index (Phi) is 3.97. The highest BCUT2D eigenvalue weighted by molar-refractivity contribution is 9.09. The van der Waals surface area contributed by atoms with Gasteiger partial charge in [-0.15, -0.1) is 11.8 Å². The van der Waals surface area contributed by atoms with Crippen LogP contribution in [0.5, 0.6) is 0 Å². The van der Waals surface area contributed by atoms with Crippen LogP contribution in [0.4, 0.5) is 0 Å². The van der Waals surface area contributed by atoms with Crippen LogP contribution in [-0.4, -0.2) is 16.1 Å². The van der Waals surface area contributed by atoms with Crippen molar-refractivity contribution in [1.29, 1.82) is 0 Å². The quantitative estimate of drug-likeness (QED) is 0.604. The molecule has 0 spiro atoms. The Morgan fingerprint density at radius 1 is 1.53 bits per heavy atom. The molecule has 1 aromatic heterocycles. The molecule has 1 aliphatic carbocycles. The SMILES string of the molecule is Clc1cccnc1SCC1(CBr)CCC1. The summed E-state index contributed by atoms with van der Waals surface area (Å²) in [5, 5.41) is 2.83. The van der Waals surface area contributed by atoms with Crippen molar-refractivity contribution in [3.05, 3.63) is 23.4 Å². The minimum atomic E-state index is 0.492. The second-order valence-corrected chi connectivity index (χ2v) is 6.00. The number of thioether (sulfide) groups is 1. The molecule has 1 aliphatic rings. The van der Waals surface area contributed by atoms with Crippen LogP contribution in [0.2, 0.25) is 5.02 Å². The van der Waals surface area contributed by atoms with Gasteiger partial charge < -0.3 is 0 Å². The van der Waals surface area contributed by atoms with Crippen LogP contribution in [0.1, 0.15) is 19.3 Å². The first-order chi connectivity index (χ1) is 7.26. The summed E-state index contributed by atoms with van der Waals surface area (Å²) in [6.45, 7) is 0. The van der Waals surface area contributed by atoms with Crippen molar-refractivity contribution < 1.29 is 0 Å². The summed E-state index contributed by atoms with van der Waals surface area (Å²) < 4.78 is 0. The largest absolute Gasteiger partial charge is 0.248 e. The molecule has 0 aromatic carbocycles. The average Bonchev–Trinajstić information content (AvgIpc) is 2.19. The van der Waals surface area contributed by atoms with Crippen molar-refractivity contribution in [2.24, 2.45) is 5.41 Å². The highest BCUT2D eigenvalue weighted by atomic mass is 79.9. The number of halogens is 2. The summed E-state index contributed by atoms with van der Waals surface area (Å²) in [7, 11) is 0. The monoisotopic (exact) mass is 305 g/mol. The van der Waals surface area contributed by atoms with Crippen LogP contribution in [0.25, 0.3) is 0 Å². The third kappa shape index (κ3) is 2.69. The minimum absolute atomic E-state index is 0.492. The number of hydrogen-bond donors (Lipinski definition) is 0. The Balaban J connectivity index is 1.95. The van der Waals surface area contributed by atoms with Crippen LogP contribution < -0.4 is 0 Å². The second kappa shape index (κ2) is 5.07. The van der Waals surface area contributed by atoms with Crippen molar-refractivity contribution in [2.45, 2.75) is 24.3 Å². The number of aromatic nitrogens is 1. The van der Waals surface area contributed by atoms with E-state index in [1.807, 2.05) is 12.1 Å². The average molecular weight is 307 g/mol. The van der Waals surface area contributed by atoms with Gasteiger partial charge in [0, 0.05) is 17.3 Å². The topological polar surface area (TPSA) is 12.9 Å². The van der Waals surface area contributed by atoms with Gasteiger partial charge in [-0.1, -0.05) is 34.0 Å². The Hall–Kier alpha value is 0.270. The Labute approximate surface area is 108 Å². The van der Waals surface area contributed by atoms with E-state index < -0.39 is 0 Å². The van der Waals surface area contributed by atoms with Gasteiger partial charge in [-0.3, -0.25) is 0 Å². The maximum Gasteiger partial charge on any atom is 0.115 e. The number of hydrogen-bond acceptors (Lipinski definition) is 2. The number of alkyl halides is 1. The highest BCUT2D eigenvalue weighted by Crippen LogP contribution is 2.46. The molecular weight excluding hydrogens is 294 g/mol. The van der Waals surface area contributed by atoms with E-state index in [0.29, 0.717) is 5.41 Å². The van der Waals surface area contributed by atoms with E-state index in [2.05, 4.69) is 20.9 Å². The molecule has 2 rings (SSSR count). The summed E-state index contributed by atoms with van der Waals surface area (Å²) in [6.07, 6.45) is 5.82. The lowest BCUT2D eigenvalue weighted by atomic mass is 9.72. The first-order valence-electron chi connectivity index (χ1n) is 5.05. The normalized spacial score (nSPS) is 18.5. The van der Waals surface area contributed by atoms with Gasteiger partial charge in [0.2, 0.25) is 0 Å². The zero-order valence-corrected chi connectivity index (χ0v) is 11.5. The molecule has 1 aromatic rings. The molecule has 0 aliphatic heterocycles. The maximum atomic E-state index is 6.06. The predicted molar refractivity (Wildman–Crippen MR) is 70.0 cm³/mol. The summed E-state index contributed by atoms with van der Waals surface area (Å²) in [5.74, 6) is 1.12. The number of pyridine rings is 1. The van der Waals surface area contributed by atoms with Gasteiger partial charge in [0.15, 0.2) is 0 Å². The lowest BCUT2D eigenvalue weighted by Crippen LogP contribution is -2.33. The smallest absolute Gasteiger partial charge is 0.115 e. The molecule has 0 atom stereocenters. The molecular formula is C11H13BrClNS. The summed E-state index contributed by atoms with van der Waals surface area (Å²) >= 11 is 11.5. The van der Waals surface area contributed by atoms with Gasteiger partial charge in [0.25, 0.3) is 0 Å². The lowest BCUT2D eigenvalue weighted by molar-refractivity contribution is 0.206. The van der Waals surface area contributed by atoms with Crippen LogP contribution in [0.15, 0.2) is 23.4 Å². The van der Waals surface area contributed by atoms with E-state index >= 15 is 0 Å². The minimum Gasteiger partial charge on any atom is -0.248 e. The Morgan fingerprint density at radius 2 is 2.33 bits per heavy atom. The maximum absolute atomic E-state index is 6.06. The third-order valence-electron chi connectivity index (χ3n) is 2.94. The summed E-state index contributed by atoms with van der Waals surface area (Å²) in [5.41, 5.74) is 0.492. The summed E-state index contributed by atoms with van der Waals surface area (Å²) in [6, 6.07) is 3.77. The molecule has 0 bridgehead atoms. The molecule has 4 heteroatoms. The molecule has 0 unspecified atom stereocenters. The van der Waals surface area contributed by atoms with E-state index in [-0.39, 0.29) is 0 Å². The molecule has 0 N–H and O–H groups in total. The van der Waals surface area contributed by atoms with Gasteiger partial charge >= 0.3 is 0 Å². The van der Waals surface area contributed by atoms with Crippen molar-refractivity contribution in [1.82, 2.24) is 4.98 Å². The molecule has 1 saturated carbocycles. The van der Waals surface area contributed by atoms with Crippen LogP contribution in [0.3, 0.4) is 0 Å². The van der Waals surface area contributed by atoms with Crippen molar-refractivity contribution in [2.75, 3.05) is 11.1 Å². The Morgan fingerprint density at radius 3 is 2.87 bits per heavy atom. The molecule has 0 saturated heterocycles. The van der Waals surface area contributed by atoms with E-state index in [4.69, 9.17) is 11.6 Å². The molecule has 1 fully saturated rings. The molecule has 1 nitrogen and oxygen atoms in total. The van der Waals surface area contributed by atoms with Crippen molar-refractivity contribution in [3.8, 4) is 0 Å². The van der Waals surface area contributed by atoms with Gasteiger partial charge in [-0.05, 0) is 30.4 Å². The van der Waals surface area contributed by atoms with E-state index in [0.717, 1.165) is 21.1 Å². The fourth-order valence-electron chi connectivity index (χ4n) is 1.69. The predicted octanol–water partition coefficient (Wildman–Crippen LogP) is 4.39. The molecule has 0 amide bonds. The second-order valence-electron chi connectivity index (χ2n) is 4.07. The van der Waals surface area contributed by atoms with Gasteiger partial charge in [0.1, 0.15) is 5.03 Å². The zero-order valence-electron chi connectivity index (χ0n) is 8.38. The Bertz CT molecular complexity index is 336. The van der Waals surface area contributed by atoms with Gasteiger partial charge in [-0.25, -0.2) is 4.98 Å². The van der Waals surface area contributed by atoms with Gasteiger partial charge in [0.05, 0.1) is 5.02 Å². The van der Waals surface area contributed by atoms with Gasteiger partial charge in [-0.2, -0.15) is 0 Å². The molecule has 15 heavy (non-hydrogen) atoms. The van der Waals surface area contributed by atoms with Crippen molar-refractivity contribution >= 4 is 39.3 Å². The lowest BCUT2D eigenvalue weighted by Gasteiger charge is -2.40. The first kappa shape index (κ1) is 11.7. The van der Waals surface area contributed by atoms with Crippen molar-refractivity contribution in [3.63, 3.8) is 0 Å². The van der Waals surface area contributed by atoms with Crippen LogP contribution in [0, 0.1) is 5.41 Å². The zero-order chi connectivity index (χ0) is 10.7. The summed E-state index contributed by atoms with van der Waals surface area (Å²) in [4.78, 5) is 4.29. The van der Waals surface area contributed by atoms with E-state index in [1.54, 1.807) is 18.0 Å². The molecule has 82 valence electrons. The van der Waals surface area contributed by atoms with Crippen LogP contribution >= 0.6 is 39.3 Å². The third-order valence-corrected chi connectivity index (χ3v) is 5.90. The van der Waals surface area contributed by atoms with Crippen LogP contribution in [-0.2, 0) is 0 Å². The fraction of sp³-hybridized carbons (Fsp3) is 0.545. The molecule has 1 heterocycles. The number of nitrogens with zero attached hydrogens (tertiary/aromatic N) is 1. The molecule has 0 radical (unpaired) electrons. The highest BCUT2D eigenvalue weighted by Gasteiger charge is 2.35. The number of rotatable bonds is 4. The fourth-order valence-corrected chi connectivity index (χ4v) is 4.17. The van der Waals surface area contributed by atoms with E-state index in [1.165, 1.54) is 19.3 Å². The van der Waals surface area contributed by atoms with E-state index in [9.17, 15) is 0 Å². The first-order valence-corrected chi connectivity index (χ1v) is 7.54. The standard InChI is InChI=1S/C11H13BrClNS/c12-7-11(4-2-5-11)8-15-10-9(13)3-1-6-14-10/h1,3,6H,2,4-5,7-8H2.